The molecule has 40 heavy (non-hydrogen) atoms. The van der Waals surface area contributed by atoms with Gasteiger partial charge in [-0.3, -0.25) is 9.48 Å². The summed E-state index contributed by atoms with van der Waals surface area (Å²) in [6.07, 6.45) is 0.790. The summed E-state index contributed by atoms with van der Waals surface area (Å²) in [7, 11) is -5.54. The number of fused-ring (bicyclic) bond motifs is 1. The van der Waals surface area contributed by atoms with E-state index in [4.69, 9.17) is 0 Å². The minimum absolute atomic E-state index is 0.0277. The highest BCUT2D eigenvalue weighted by Crippen LogP contribution is 2.44. The summed E-state index contributed by atoms with van der Waals surface area (Å²) in [6.45, 7) is 5.83. The number of amides is 1. The fourth-order valence-corrected chi connectivity index (χ4v) is 5.91. The molecule has 0 saturated carbocycles. The number of hydrogen-bond acceptors (Lipinski definition) is 7. The van der Waals surface area contributed by atoms with Crippen LogP contribution in [0.25, 0.3) is 10.9 Å². The van der Waals surface area contributed by atoms with Crippen LogP contribution in [0.15, 0.2) is 46.2 Å². The number of aromatic nitrogens is 3. The molecule has 1 aromatic carbocycles. The molecule has 214 valence electrons. The Morgan fingerprint density at radius 3 is 2.45 bits per heavy atom. The lowest BCUT2D eigenvalue weighted by atomic mass is 9.72. The molecule has 1 amide bonds. The van der Waals surface area contributed by atoms with Crippen LogP contribution in [0, 0.1) is 16.7 Å². The first-order chi connectivity index (χ1) is 18.5. The molecule has 15 heteroatoms. The second-order valence-corrected chi connectivity index (χ2v) is 12.7. The predicted molar refractivity (Wildman–Crippen MR) is 139 cm³/mol. The van der Waals surface area contributed by atoms with Crippen molar-refractivity contribution in [2.75, 3.05) is 11.9 Å². The van der Waals surface area contributed by atoms with Gasteiger partial charge in [-0.2, -0.15) is 23.5 Å². The fourth-order valence-electron chi connectivity index (χ4n) is 5.15. The summed E-state index contributed by atoms with van der Waals surface area (Å²) in [5.41, 5.74) is -6.91. The standard InChI is InChI=1S/C25H27F3N6O5S/c1-23(2,3)18-14-24(9-11-29,10-13-33(18)22(36)37)34-17-8-12-30-21(35)19(17)20(32-34)31-15-4-6-16(7-5-15)40(38,39)25(26,27)28/h4-8,12,18H,9-10,13-14H2,1-3H3,(H,30,35)(H,31,32)(H,36,37). The molecule has 3 N–H and O–H groups in total. The first-order valence-corrected chi connectivity index (χ1v) is 13.7. The fraction of sp³-hybridized carbons (Fsp3) is 0.440. The molecule has 0 radical (unpaired) electrons. The van der Waals surface area contributed by atoms with E-state index in [0.29, 0.717) is 5.52 Å². The molecule has 1 aliphatic rings. The zero-order chi connectivity index (χ0) is 29.7. The number of halogens is 3. The monoisotopic (exact) mass is 580 g/mol. The summed E-state index contributed by atoms with van der Waals surface area (Å²) >= 11 is 0. The molecule has 2 aromatic heterocycles. The Morgan fingerprint density at radius 1 is 1.25 bits per heavy atom. The Kier molecular flexibility index (Phi) is 7.12. The normalized spacial score (nSPS) is 20.3. The van der Waals surface area contributed by atoms with Crippen molar-refractivity contribution >= 4 is 38.3 Å². The minimum Gasteiger partial charge on any atom is -0.465 e. The SMILES string of the molecule is CC(C)(C)C1CC(CC#N)(n2nc(Nc3ccc(S(=O)(=O)C(F)(F)F)cc3)c3c(=O)[nH]ccc32)CCN1C(=O)O. The van der Waals surface area contributed by atoms with Gasteiger partial charge >= 0.3 is 11.6 Å². The van der Waals surface area contributed by atoms with Crippen molar-refractivity contribution in [1.29, 1.82) is 5.26 Å². The van der Waals surface area contributed by atoms with Crippen LogP contribution in [-0.4, -0.2) is 57.4 Å². The van der Waals surface area contributed by atoms with Crippen molar-refractivity contribution in [1.82, 2.24) is 19.7 Å². The molecule has 2 atom stereocenters. The highest BCUT2D eigenvalue weighted by Gasteiger charge is 2.49. The Labute approximate surface area is 227 Å². The van der Waals surface area contributed by atoms with E-state index in [9.17, 15) is 41.5 Å². The highest BCUT2D eigenvalue weighted by atomic mass is 32.2. The number of piperidine rings is 1. The van der Waals surface area contributed by atoms with Crippen molar-refractivity contribution in [3.05, 3.63) is 46.9 Å². The van der Waals surface area contributed by atoms with Gasteiger partial charge in [-0.25, -0.2) is 13.2 Å². The number of alkyl halides is 3. The Balaban J connectivity index is 1.81. The summed E-state index contributed by atoms with van der Waals surface area (Å²) in [6, 6.07) is 7.12. The number of nitrogens with one attached hydrogen (secondary N) is 2. The summed E-state index contributed by atoms with van der Waals surface area (Å²) in [4.78, 5) is 27.9. The van der Waals surface area contributed by atoms with Crippen molar-refractivity contribution in [2.45, 2.75) is 62.0 Å². The molecule has 0 aliphatic carbocycles. The van der Waals surface area contributed by atoms with Crippen LogP contribution in [0.1, 0.15) is 40.0 Å². The van der Waals surface area contributed by atoms with Crippen molar-refractivity contribution < 1.29 is 31.5 Å². The van der Waals surface area contributed by atoms with E-state index < -0.39 is 48.9 Å². The average Bonchev–Trinajstić information content (AvgIpc) is 3.23. The van der Waals surface area contributed by atoms with Crippen LogP contribution < -0.4 is 10.9 Å². The number of pyridine rings is 1. The van der Waals surface area contributed by atoms with Gasteiger partial charge in [0.05, 0.1) is 28.4 Å². The van der Waals surface area contributed by atoms with Crippen molar-refractivity contribution in [3.8, 4) is 6.07 Å². The van der Waals surface area contributed by atoms with Crippen LogP contribution in [0.2, 0.25) is 0 Å². The van der Waals surface area contributed by atoms with Gasteiger partial charge < -0.3 is 20.3 Å². The van der Waals surface area contributed by atoms with Gasteiger partial charge in [0.1, 0.15) is 5.39 Å². The van der Waals surface area contributed by atoms with E-state index in [1.807, 2.05) is 20.8 Å². The molecule has 0 bridgehead atoms. The molecule has 0 spiro atoms. The van der Waals surface area contributed by atoms with Gasteiger partial charge in [0, 0.05) is 24.5 Å². The molecule has 3 heterocycles. The number of likely N-dealkylation sites (tertiary alicyclic amines) is 1. The average molecular weight is 581 g/mol. The smallest absolute Gasteiger partial charge is 0.465 e. The molecule has 3 aromatic rings. The first-order valence-electron chi connectivity index (χ1n) is 12.2. The lowest BCUT2D eigenvalue weighted by molar-refractivity contribution is -0.0436. The molecule has 1 aliphatic heterocycles. The number of carbonyl (C=O) groups is 1. The van der Waals surface area contributed by atoms with E-state index >= 15 is 0 Å². The highest BCUT2D eigenvalue weighted by molar-refractivity contribution is 7.92. The number of hydrogen-bond donors (Lipinski definition) is 3. The number of carboxylic acid groups (broad SMARTS) is 1. The van der Waals surface area contributed by atoms with Gasteiger partial charge in [-0.15, -0.1) is 0 Å². The van der Waals surface area contributed by atoms with Crippen LogP contribution in [0.3, 0.4) is 0 Å². The number of aromatic amines is 1. The number of sulfone groups is 1. The number of rotatable bonds is 5. The maximum atomic E-state index is 12.9. The third-order valence-corrected chi connectivity index (χ3v) is 8.71. The largest absolute Gasteiger partial charge is 0.501 e. The van der Waals surface area contributed by atoms with E-state index in [2.05, 4.69) is 21.5 Å². The minimum atomic E-state index is -5.54. The topological polar surface area (TPSA) is 161 Å². The Morgan fingerprint density at radius 2 is 1.90 bits per heavy atom. The Bertz CT molecular complexity index is 1650. The van der Waals surface area contributed by atoms with E-state index in [1.54, 1.807) is 10.7 Å². The number of nitriles is 1. The van der Waals surface area contributed by atoms with Gasteiger partial charge in [0.2, 0.25) is 0 Å². The number of benzene rings is 1. The van der Waals surface area contributed by atoms with Crippen LogP contribution >= 0.6 is 0 Å². The second kappa shape index (κ2) is 9.84. The summed E-state index contributed by atoms with van der Waals surface area (Å²) in [5.74, 6) is 0.0357. The van der Waals surface area contributed by atoms with Crippen LogP contribution in [0.5, 0.6) is 0 Å². The summed E-state index contributed by atoms with van der Waals surface area (Å²) in [5, 5.41) is 27.2. The molecule has 1 saturated heterocycles. The molecule has 4 rings (SSSR count). The zero-order valence-electron chi connectivity index (χ0n) is 21.8. The van der Waals surface area contributed by atoms with Gasteiger partial charge in [-0.1, -0.05) is 20.8 Å². The number of anilines is 2. The number of nitrogens with zero attached hydrogens (tertiary/aromatic N) is 4. The van der Waals surface area contributed by atoms with Gasteiger partial charge in [0.25, 0.3) is 15.4 Å². The van der Waals surface area contributed by atoms with Crippen molar-refractivity contribution in [2.24, 2.45) is 5.41 Å². The quantitative estimate of drug-likeness (QED) is 0.396. The zero-order valence-corrected chi connectivity index (χ0v) is 22.6. The van der Waals surface area contributed by atoms with E-state index in [-0.39, 0.29) is 42.7 Å². The predicted octanol–water partition coefficient (Wildman–Crippen LogP) is 4.56. The van der Waals surface area contributed by atoms with Gasteiger partial charge in [-0.05, 0) is 48.6 Å². The van der Waals surface area contributed by atoms with Gasteiger partial charge in [0.15, 0.2) is 5.82 Å². The summed E-state index contributed by atoms with van der Waals surface area (Å²) < 4.78 is 63.7. The third-order valence-electron chi connectivity index (χ3n) is 7.21. The van der Waals surface area contributed by atoms with E-state index in [0.717, 1.165) is 24.3 Å². The molecular weight excluding hydrogens is 553 g/mol. The lowest BCUT2D eigenvalue weighted by Crippen LogP contribution is -2.57. The number of H-pyrrole nitrogens is 1. The maximum Gasteiger partial charge on any atom is 0.501 e. The molecular formula is C25H27F3N6O5S. The maximum absolute atomic E-state index is 12.9. The third kappa shape index (κ3) is 4.99. The first kappa shape index (κ1) is 28.9. The molecule has 2 unspecified atom stereocenters. The van der Waals surface area contributed by atoms with E-state index in [1.165, 1.54) is 11.1 Å². The Hall–Kier alpha value is -4.06. The molecule has 11 nitrogen and oxygen atoms in total. The van der Waals surface area contributed by atoms with Crippen molar-refractivity contribution in [3.63, 3.8) is 0 Å². The second-order valence-electron chi connectivity index (χ2n) is 10.8. The van der Waals surface area contributed by atoms with Crippen LogP contribution in [0.4, 0.5) is 29.5 Å². The lowest BCUT2D eigenvalue weighted by Gasteiger charge is -2.49. The van der Waals surface area contributed by atoms with Crippen LogP contribution in [-0.2, 0) is 15.4 Å². The molecule has 1 fully saturated rings.